The van der Waals surface area contributed by atoms with Crippen molar-refractivity contribution >= 4 is 29.0 Å². The Balaban J connectivity index is 1.71. The van der Waals surface area contributed by atoms with Crippen LogP contribution in [0, 0.1) is 6.92 Å². The van der Waals surface area contributed by atoms with Gasteiger partial charge in [-0.3, -0.25) is 14.6 Å². The van der Waals surface area contributed by atoms with Crippen molar-refractivity contribution in [1.82, 2.24) is 15.0 Å². The van der Waals surface area contributed by atoms with E-state index in [-0.39, 0.29) is 17.5 Å². The van der Waals surface area contributed by atoms with Crippen LogP contribution < -0.4 is 16.0 Å². The lowest BCUT2D eigenvalue weighted by Crippen LogP contribution is -2.16. The monoisotopic (exact) mass is 376 g/mol. The molecule has 3 aromatic rings. The lowest BCUT2D eigenvalue weighted by molar-refractivity contribution is -0.114. The maximum atomic E-state index is 12.6. The molecular weight excluding hydrogens is 356 g/mol. The molecule has 0 fully saturated rings. The van der Waals surface area contributed by atoms with Crippen molar-refractivity contribution in [3.8, 4) is 0 Å². The number of nitrogens with zero attached hydrogens (tertiary/aromatic N) is 3. The number of carbonyl (C=O) groups excluding carboxylic acids is 2. The van der Waals surface area contributed by atoms with Crippen LogP contribution in [0.4, 0.5) is 17.2 Å². The fourth-order valence-corrected chi connectivity index (χ4v) is 2.54. The van der Waals surface area contributed by atoms with Gasteiger partial charge in [0.15, 0.2) is 0 Å². The van der Waals surface area contributed by atoms with Crippen LogP contribution in [-0.2, 0) is 11.3 Å². The van der Waals surface area contributed by atoms with Crippen molar-refractivity contribution < 1.29 is 9.59 Å². The largest absolute Gasteiger partial charge is 0.366 e. The molecule has 0 atom stereocenters. The van der Waals surface area contributed by atoms with Crippen molar-refractivity contribution in [2.24, 2.45) is 0 Å². The number of nitrogens with one attached hydrogen (secondary N) is 3. The van der Waals surface area contributed by atoms with Gasteiger partial charge in [-0.1, -0.05) is 12.1 Å². The molecule has 0 bridgehead atoms. The summed E-state index contributed by atoms with van der Waals surface area (Å²) in [6, 6.07) is 12.3. The first-order chi connectivity index (χ1) is 13.5. The maximum absolute atomic E-state index is 12.6. The lowest BCUT2D eigenvalue weighted by atomic mass is 10.2. The molecule has 142 valence electrons. The van der Waals surface area contributed by atoms with E-state index >= 15 is 0 Å². The number of hydrogen-bond acceptors (Lipinski definition) is 6. The third kappa shape index (κ3) is 5.34. The zero-order chi connectivity index (χ0) is 19.9. The Morgan fingerprint density at radius 1 is 1.00 bits per heavy atom. The first-order valence-electron chi connectivity index (χ1n) is 8.67. The van der Waals surface area contributed by atoms with E-state index in [9.17, 15) is 9.59 Å². The second-order valence-corrected chi connectivity index (χ2v) is 6.12. The van der Waals surface area contributed by atoms with Crippen LogP contribution in [0.3, 0.4) is 0 Å². The van der Waals surface area contributed by atoms with Crippen LogP contribution in [0.15, 0.2) is 54.9 Å². The van der Waals surface area contributed by atoms with Gasteiger partial charge in [0.25, 0.3) is 5.91 Å². The van der Waals surface area contributed by atoms with Crippen molar-refractivity contribution in [3.05, 3.63) is 71.9 Å². The van der Waals surface area contributed by atoms with E-state index in [1.54, 1.807) is 49.6 Å². The maximum Gasteiger partial charge on any atom is 0.274 e. The molecule has 0 saturated heterocycles. The summed E-state index contributed by atoms with van der Waals surface area (Å²) in [6.45, 7) is 3.68. The number of rotatable bonds is 6. The van der Waals surface area contributed by atoms with Crippen LogP contribution in [0.5, 0.6) is 0 Å². The van der Waals surface area contributed by atoms with E-state index in [2.05, 4.69) is 30.9 Å². The van der Waals surface area contributed by atoms with Crippen molar-refractivity contribution in [2.75, 3.05) is 16.0 Å². The Bertz CT molecular complexity index is 991. The van der Waals surface area contributed by atoms with Gasteiger partial charge in [-0.05, 0) is 36.8 Å². The Morgan fingerprint density at radius 3 is 2.50 bits per heavy atom. The zero-order valence-corrected chi connectivity index (χ0v) is 15.6. The fourth-order valence-electron chi connectivity index (χ4n) is 2.54. The Morgan fingerprint density at radius 2 is 1.79 bits per heavy atom. The highest BCUT2D eigenvalue weighted by Crippen LogP contribution is 2.16. The molecule has 8 heteroatoms. The topological polar surface area (TPSA) is 109 Å². The van der Waals surface area contributed by atoms with Crippen molar-refractivity contribution in [1.29, 1.82) is 0 Å². The van der Waals surface area contributed by atoms with Gasteiger partial charge in [0.2, 0.25) is 5.91 Å². The minimum atomic E-state index is -0.366. The Labute approximate surface area is 162 Å². The number of benzene rings is 1. The van der Waals surface area contributed by atoms with Crippen LogP contribution in [-0.4, -0.2) is 26.8 Å². The number of pyridine rings is 1. The molecule has 0 spiro atoms. The van der Waals surface area contributed by atoms with Gasteiger partial charge in [-0.15, -0.1) is 0 Å². The molecule has 1 aromatic carbocycles. The molecule has 0 aliphatic rings. The molecule has 2 aromatic heterocycles. The highest BCUT2D eigenvalue weighted by molar-refractivity contribution is 6.03. The van der Waals surface area contributed by atoms with Gasteiger partial charge in [-0.2, -0.15) is 0 Å². The molecule has 2 amide bonds. The molecule has 0 aliphatic heterocycles. The summed E-state index contributed by atoms with van der Waals surface area (Å²) < 4.78 is 0. The highest BCUT2D eigenvalue weighted by atomic mass is 16.2. The molecule has 0 saturated carbocycles. The van der Waals surface area contributed by atoms with Gasteiger partial charge < -0.3 is 16.0 Å². The highest BCUT2D eigenvalue weighted by Gasteiger charge is 2.11. The standard InChI is InChI=1S/C20H20N6O2/c1-13-23-18(10-19(24-13)22-12-15-5-4-8-21-11-15)20(28)26-17-7-3-6-16(9-17)25-14(2)27/h3-11H,12H2,1-2H3,(H,25,27)(H,26,28)(H,22,23,24). The second kappa shape index (κ2) is 8.72. The van der Waals surface area contributed by atoms with Crippen LogP contribution in [0.1, 0.15) is 28.8 Å². The van der Waals surface area contributed by atoms with E-state index in [0.29, 0.717) is 29.6 Å². The average molecular weight is 376 g/mol. The van der Waals surface area contributed by atoms with E-state index in [4.69, 9.17) is 0 Å². The summed E-state index contributed by atoms with van der Waals surface area (Å²) in [4.78, 5) is 36.4. The third-order valence-electron chi connectivity index (χ3n) is 3.71. The van der Waals surface area contributed by atoms with Gasteiger partial charge >= 0.3 is 0 Å². The number of hydrogen-bond donors (Lipinski definition) is 3. The Hall–Kier alpha value is -3.81. The molecule has 28 heavy (non-hydrogen) atoms. The van der Waals surface area contributed by atoms with Crippen molar-refractivity contribution in [2.45, 2.75) is 20.4 Å². The SMILES string of the molecule is CC(=O)Nc1cccc(NC(=O)c2cc(NCc3cccnc3)nc(C)n2)c1. The predicted molar refractivity (Wildman–Crippen MR) is 107 cm³/mol. The summed E-state index contributed by atoms with van der Waals surface area (Å²) in [6.07, 6.45) is 3.47. The number of anilines is 3. The van der Waals surface area contributed by atoms with Gasteiger partial charge in [0.05, 0.1) is 0 Å². The minimum absolute atomic E-state index is 0.181. The van der Waals surface area contributed by atoms with Gasteiger partial charge in [-0.25, -0.2) is 9.97 Å². The van der Waals surface area contributed by atoms with E-state index in [0.717, 1.165) is 5.56 Å². The molecule has 0 unspecified atom stereocenters. The van der Waals surface area contributed by atoms with Gasteiger partial charge in [0, 0.05) is 43.3 Å². The molecule has 0 radical (unpaired) electrons. The molecule has 3 N–H and O–H groups in total. The van der Waals surface area contributed by atoms with Gasteiger partial charge in [0.1, 0.15) is 17.3 Å². The van der Waals surface area contributed by atoms with Crippen LogP contribution in [0.25, 0.3) is 0 Å². The smallest absolute Gasteiger partial charge is 0.274 e. The average Bonchev–Trinajstić information content (AvgIpc) is 2.66. The molecule has 8 nitrogen and oxygen atoms in total. The van der Waals surface area contributed by atoms with E-state index in [1.807, 2.05) is 12.1 Å². The summed E-state index contributed by atoms with van der Waals surface area (Å²) in [5.74, 6) is 0.482. The summed E-state index contributed by atoms with van der Waals surface area (Å²) >= 11 is 0. The third-order valence-corrected chi connectivity index (χ3v) is 3.71. The fraction of sp³-hybridized carbons (Fsp3) is 0.150. The molecular formula is C20H20N6O2. The van der Waals surface area contributed by atoms with E-state index < -0.39 is 0 Å². The van der Waals surface area contributed by atoms with Crippen LogP contribution >= 0.6 is 0 Å². The Kier molecular flexibility index (Phi) is 5.91. The number of aromatic nitrogens is 3. The summed E-state index contributed by atoms with van der Waals surface area (Å²) in [7, 11) is 0. The molecule has 0 aliphatic carbocycles. The summed E-state index contributed by atoms with van der Waals surface area (Å²) in [5.41, 5.74) is 2.39. The lowest BCUT2D eigenvalue weighted by Gasteiger charge is -2.10. The molecule has 2 heterocycles. The van der Waals surface area contributed by atoms with E-state index in [1.165, 1.54) is 6.92 Å². The number of aryl methyl sites for hydroxylation is 1. The molecule has 3 rings (SSSR count). The minimum Gasteiger partial charge on any atom is -0.366 e. The zero-order valence-electron chi connectivity index (χ0n) is 15.6. The quantitative estimate of drug-likeness (QED) is 0.610. The normalized spacial score (nSPS) is 10.2. The summed E-state index contributed by atoms with van der Waals surface area (Å²) in [5, 5.41) is 8.63. The first kappa shape index (κ1) is 19.0. The number of amides is 2. The van der Waals surface area contributed by atoms with Crippen LogP contribution in [0.2, 0.25) is 0 Å². The number of carbonyl (C=O) groups is 2. The second-order valence-electron chi connectivity index (χ2n) is 6.12. The first-order valence-corrected chi connectivity index (χ1v) is 8.67. The van der Waals surface area contributed by atoms with Crippen molar-refractivity contribution in [3.63, 3.8) is 0 Å². The predicted octanol–water partition coefficient (Wildman–Crippen LogP) is 3.00.